The summed E-state index contributed by atoms with van der Waals surface area (Å²) in [6.45, 7) is 0. The molecule has 1 aliphatic rings. The van der Waals surface area contributed by atoms with Crippen molar-refractivity contribution in [1.82, 2.24) is 0 Å². The van der Waals surface area contributed by atoms with Crippen LogP contribution in [0.2, 0.25) is 0 Å². The predicted octanol–water partition coefficient (Wildman–Crippen LogP) is 2.70. The fraction of sp³-hybridized carbons (Fsp3) is 0.0625. The molecule has 25 heavy (non-hydrogen) atoms. The Labute approximate surface area is 144 Å². The standard InChI is InChI=1S/C16H10N2O6S/c19-13-8-10(7-12-5-6-14(25-12)18(23)24)15(20)17(13)11-3-1-9(2-4-11)16(21)22/h1-7H,8H2,(H,21,22). The van der Waals surface area contributed by atoms with E-state index < -0.39 is 22.7 Å². The van der Waals surface area contributed by atoms with Crippen molar-refractivity contribution in [3.8, 4) is 0 Å². The highest BCUT2D eigenvalue weighted by Crippen LogP contribution is 2.31. The molecule has 0 aliphatic carbocycles. The van der Waals surface area contributed by atoms with Crippen LogP contribution in [-0.4, -0.2) is 27.8 Å². The molecule has 1 N–H and O–H groups in total. The minimum absolute atomic E-state index is 0.0458. The third-order valence-electron chi connectivity index (χ3n) is 3.55. The zero-order valence-corrected chi connectivity index (χ0v) is 13.4. The monoisotopic (exact) mass is 358 g/mol. The van der Waals surface area contributed by atoms with Gasteiger partial charge in [-0.05, 0) is 36.4 Å². The van der Waals surface area contributed by atoms with Gasteiger partial charge >= 0.3 is 11.0 Å². The van der Waals surface area contributed by atoms with Gasteiger partial charge in [0.05, 0.1) is 22.6 Å². The van der Waals surface area contributed by atoms with Crippen LogP contribution in [0.4, 0.5) is 10.7 Å². The Balaban J connectivity index is 1.87. The van der Waals surface area contributed by atoms with Crippen molar-refractivity contribution in [3.63, 3.8) is 0 Å². The topological polar surface area (TPSA) is 118 Å². The van der Waals surface area contributed by atoms with Crippen LogP contribution in [0.25, 0.3) is 6.08 Å². The molecule has 1 saturated heterocycles. The molecule has 1 aromatic heterocycles. The molecule has 0 unspecified atom stereocenters. The van der Waals surface area contributed by atoms with Gasteiger partial charge in [0.2, 0.25) is 5.91 Å². The first-order valence-electron chi connectivity index (χ1n) is 7.02. The number of carboxylic acids is 1. The lowest BCUT2D eigenvalue weighted by Gasteiger charge is -2.13. The number of anilines is 1. The maximum atomic E-state index is 12.5. The molecule has 1 fully saturated rings. The lowest BCUT2D eigenvalue weighted by Crippen LogP contribution is -2.28. The number of hydrogen-bond acceptors (Lipinski definition) is 6. The van der Waals surface area contributed by atoms with E-state index in [0.29, 0.717) is 4.88 Å². The number of benzene rings is 1. The maximum Gasteiger partial charge on any atom is 0.335 e. The van der Waals surface area contributed by atoms with Crippen molar-refractivity contribution in [2.24, 2.45) is 0 Å². The predicted molar refractivity (Wildman–Crippen MR) is 89.5 cm³/mol. The average Bonchev–Trinajstić information content (AvgIpc) is 3.13. The Hall–Kier alpha value is -3.33. The number of carboxylic acid groups (broad SMARTS) is 1. The zero-order valence-electron chi connectivity index (χ0n) is 12.5. The summed E-state index contributed by atoms with van der Waals surface area (Å²) in [6, 6.07) is 8.24. The van der Waals surface area contributed by atoms with Crippen molar-refractivity contribution in [2.45, 2.75) is 6.42 Å². The summed E-state index contributed by atoms with van der Waals surface area (Å²) in [5, 5.41) is 19.5. The molecule has 1 aromatic carbocycles. The van der Waals surface area contributed by atoms with Crippen LogP contribution >= 0.6 is 11.3 Å². The van der Waals surface area contributed by atoms with E-state index in [9.17, 15) is 24.5 Å². The summed E-state index contributed by atoms with van der Waals surface area (Å²) in [6.07, 6.45) is 1.34. The molecule has 2 heterocycles. The second-order valence-electron chi connectivity index (χ2n) is 5.17. The number of nitrogens with zero attached hydrogens (tertiary/aromatic N) is 2. The number of carbonyl (C=O) groups excluding carboxylic acids is 2. The maximum absolute atomic E-state index is 12.5. The second kappa shape index (κ2) is 6.29. The first-order chi connectivity index (χ1) is 11.9. The van der Waals surface area contributed by atoms with E-state index in [1.54, 1.807) is 0 Å². The van der Waals surface area contributed by atoms with E-state index in [-0.39, 0.29) is 28.2 Å². The highest BCUT2D eigenvalue weighted by atomic mass is 32.1. The molecule has 0 atom stereocenters. The zero-order chi connectivity index (χ0) is 18.1. The van der Waals surface area contributed by atoms with E-state index in [2.05, 4.69) is 0 Å². The van der Waals surface area contributed by atoms with E-state index >= 15 is 0 Å². The van der Waals surface area contributed by atoms with Gasteiger partial charge in [-0.3, -0.25) is 19.7 Å². The number of hydrogen-bond donors (Lipinski definition) is 1. The SMILES string of the molecule is O=C(O)c1ccc(N2C(=O)CC(=Cc3ccc([N+](=O)[O-])s3)C2=O)cc1. The molecule has 1 aliphatic heterocycles. The van der Waals surface area contributed by atoms with Gasteiger partial charge in [-0.2, -0.15) is 0 Å². The number of aromatic carboxylic acids is 1. The molecule has 0 spiro atoms. The van der Waals surface area contributed by atoms with Gasteiger partial charge in [0.15, 0.2) is 0 Å². The molecule has 3 rings (SSSR count). The van der Waals surface area contributed by atoms with E-state index in [0.717, 1.165) is 16.2 Å². The van der Waals surface area contributed by atoms with Crippen molar-refractivity contribution in [2.75, 3.05) is 4.90 Å². The normalized spacial score (nSPS) is 15.8. The summed E-state index contributed by atoms with van der Waals surface area (Å²) in [4.78, 5) is 47.2. The average molecular weight is 358 g/mol. The Morgan fingerprint density at radius 3 is 2.44 bits per heavy atom. The fourth-order valence-corrected chi connectivity index (χ4v) is 3.18. The van der Waals surface area contributed by atoms with Crippen molar-refractivity contribution >= 4 is 45.9 Å². The first-order valence-corrected chi connectivity index (χ1v) is 7.84. The molecule has 0 bridgehead atoms. The van der Waals surface area contributed by atoms with Crippen LogP contribution in [-0.2, 0) is 9.59 Å². The smallest absolute Gasteiger partial charge is 0.335 e. The van der Waals surface area contributed by atoms with Gasteiger partial charge in [-0.25, -0.2) is 9.69 Å². The molecule has 2 aromatic rings. The Morgan fingerprint density at radius 1 is 1.20 bits per heavy atom. The van der Waals surface area contributed by atoms with E-state index in [4.69, 9.17) is 5.11 Å². The van der Waals surface area contributed by atoms with Crippen molar-refractivity contribution < 1.29 is 24.4 Å². The first kappa shape index (κ1) is 16.5. The van der Waals surface area contributed by atoms with Crippen LogP contribution < -0.4 is 4.90 Å². The number of amides is 2. The van der Waals surface area contributed by atoms with Crippen molar-refractivity contribution in [1.29, 1.82) is 0 Å². The molecular formula is C16H10N2O6S. The summed E-state index contributed by atoms with van der Waals surface area (Å²) in [5.41, 5.74) is 0.550. The number of thiophene rings is 1. The molecular weight excluding hydrogens is 348 g/mol. The minimum Gasteiger partial charge on any atom is -0.478 e. The van der Waals surface area contributed by atoms with Gasteiger partial charge in [0, 0.05) is 16.5 Å². The largest absolute Gasteiger partial charge is 0.478 e. The molecule has 0 radical (unpaired) electrons. The van der Waals surface area contributed by atoms with Crippen LogP contribution in [0.15, 0.2) is 42.0 Å². The van der Waals surface area contributed by atoms with Gasteiger partial charge in [0.1, 0.15) is 0 Å². The highest BCUT2D eigenvalue weighted by molar-refractivity contribution is 7.16. The second-order valence-corrected chi connectivity index (χ2v) is 6.26. The molecule has 8 nitrogen and oxygen atoms in total. The summed E-state index contributed by atoms with van der Waals surface area (Å²) in [7, 11) is 0. The lowest BCUT2D eigenvalue weighted by molar-refractivity contribution is -0.380. The summed E-state index contributed by atoms with van der Waals surface area (Å²) < 4.78 is 0. The summed E-state index contributed by atoms with van der Waals surface area (Å²) in [5.74, 6) is -2.07. The van der Waals surface area contributed by atoms with E-state index in [1.807, 2.05) is 0 Å². The van der Waals surface area contributed by atoms with Crippen LogP contribution in [0.1, 0.15) is 21.7 Å². The highest BCUT2D eigenvalue weighted by Gasteiger charge is 2.35. The number of nitro groups is 1. The van der Waals surface area contributed by atoms with Gasteiger partial charge in [-0.1, -0.05) is 11.3 Å². The lowest BCUT2D eigenvalue weighted by atomic mass is 10.2. The van der Waals surface area contributed by atoms with E-state index in [1.165, 1.54) is 42.5 Å². The van der Waals surface area contributed by atoms with Crippen LogP contribution in [0.5, 0.6) is 0 Å². The Bertz CT molecular complexity index is 928. The van der Waals surface area contributed by atoms with Gasteiger partial charge < -0.3 is 5.11 Å². The molecule has 0 saturated carbocycles. The molecule has 126 valence electrons. The Kier molecular flexibility index (Phi) is 4.15. The number of carbonyl (C=O) groups is 3. The quantitative estimate of drug-likeness (QED) is 0.388. The van der Waals surface area contributed by atoms with Gasteiger partial charge in [-0.15, -0.1) is 0 Å². The number of rotatable bonds is 4. The Morgan fingerprint density at radius 2 is 1.88 bits per heavy atom. The third-order valence-corrected chi connectivity index (χ3v) is 4.53. The third kappa shape index (κ3) is 3.17. The minimum atomic E-state index is -1.11. The van der Waals surface area contributed by atoms with Crippen molar-refractivity contribution in [3.05, 3.63) is 62.5 Å². The fourth-order valence-electron chi connectivity index (χ4n) is 2.39. The van der Waals surface area contributed by atoms with Crippen LogP contribution in [0, 0.1) is 10.1 Å². The molecule has 9 heteroatoms. The number of imide groups is 1. The van der Waals surface area contributed by atoms with Crippen LogP contribution in [0.3, 0.4) is 0 Å². The molecule has 2 amide bonds. The van der Waals surface area contributed by atoms with Gasteiger partial charge in [0.25, 0.3) is 5.91 Å². The summed E-state index contributed by atoms with van der Waals surface area (Å²) >= 11 is 0.911.